The van der Waals surface area contributed by atoms with Crippen molar-refractivity contribution in [3.05, 3.63) is 28.8 Å². The molecule has 106 valence electrons. The molecule has 1 N–H and O–H groups in total. The van der Waals surface area contributed by atoms with Crippen LogP contribution in [0.25, 0.3) is 0 Å². The third kappa shape index (κ3) is 3.33. The van der Waals surface area contributed by atoms with Crippen molar-refractivity contribution in [2.75, 3.05) is 19.5 Å². The van der Waals surface area contributed by atoms with E-state index in [-0.39, 0.29) is 22.8 Å². The van der Waals surface area contributed by atoms with Gasteiger partial charge in [0.2, 0.25) is 0 Å². The van der Waals surface area contributed by atoms with Crippen LogP contribution >= 0.6 is 0 Å². The molecule has 0 spiro atoms. The summed E-state index contributed by atoms with van der Waals surface area (Å²) in [4.78, 5) is 11.3. The van der Waals surface area contributed by atoms with Crippen LogP contribution in [0.1, 0.15) is 28.4 Å². The standard InChI is InChI=1S/C13H18O5S/c1-4-10-11(13(14)15)6-5-9(2)12(10)19(16,17)8-7-18-3/h5-6H,4,7-8H2,1-3H3,(H,14,15). The first-order valence-electron chi connectivity index (χ1n) is 5.92. The van der Waals surface area contributed by atoms with Crippen LogP contribution in [0, 0.1) is 6.92 Å². The number of rotatable bonds is 6. The Labute approximate surface area is 113 Å². The van der Waals surface area contributed by atoms with Gasteiger partial charge < -0.3 is 9.84 Å². The second-order valence-electron chi connectivity index (χ2n) is 4.21. The monoisotopic (exact) mass is 286 g/mol. The molecule has 5 nitrogen and oxygen atoms in total. The van der Waals surface area contributed by atoms with Gasteiger partial charge in [0, 0.05) is 7.11 Å². The quantitative estimate of drug-likeness (QED) is 0.860. The Bertz CT molecular complexity index is 575. The number of hydrogen-bond acceptors (Lipinski definition) is 4. The van der Waals surface area contributed by atoms with Gasteiger partial charge in [0.05, 0.1) is 22.8 Å². The smallest absolute Gasteiger partial charge is 0.336 e. The van der Waals surface area contributed by atoms with Crippen LogP contribution in [0.15, 0.2) is 17.0 Å². The van der Waals surface area contributed by atoms with E-state index in [0.29, 0.717) is 17.5 Å². The Kier molecular flexibility index (Phi) is 5.08. The summed E-state index contributed by atoms with van der Waals surface area (Å²) in [6.45, 7) is 3.50. The number of carboxylic acids is 1. The third-order valence-electron chi connectivity index (χ3n) is 2.91. The Morgan fingerprint density at radius 3 is 2.47 bits per heavy atom. The first kappa shape index (κ1) is 15.7. The van der Waals surface area contributed by atoms with Gasteiger partial charge in [0.1, 0.15) is 0 Å². The average Bonchev–Trinajstić information content (AvgIpc) is 2.35. The predicted molar refractivity (Wildman–Crippen MR) is 71.4 cm³/mol. The van der Waals surface area contributed by atoms with Crippen molar-refractivity contribution in [1.82, 2.24) is 0 Å². The molecule has 0 aliphatic carbocycles. The Hall–Kier alpha value is -1.40. The summed E-state index contributed by atoms with van der Waals surface area (Å²) >= 11 is 0. The maximum Gasteiger partial charge on any atom is 0.336 e. The zero-order valence-electron chi connectivity index (χ0n) is 11.3. The van der Waals surface area contributed by atoms with Crippen LogP contribution in [0.4, 0.5) is 0 Å². The Balaban J connectivity index is 3.49. The van der Waals surface area contributed by atoms with E-state index in [9.17, 15) is 13.2 Å². The number of benzene rings is 1. The highest BCUT2D eigenvalue weighted by Gasteiger charge is 2.24. The van der Waals surface area contributed by atoms with E-state index in [0.717, 1.165) is 0 Å². The zero-order valence-corrected chi connectivity index (χ0v) is 12.1. The van der Waals surface area contributed by atoms with Gasteiger partial charge in [0.15, 0.2) is 9.84 Å². The lowest BCUT2D eigenvalue weighted by Crippen LogP contribution is -2.17. The number of methoxy groups -OCH3 is 1. The third-order valence-corrected chi connectivity index (χ3v) is 4.80. The van der Waals surface area contributed by atoms with Crippen molar-refractivity contribution in [3.8, 4) is 0 Å². The number of aryl methyl sites for hydroxylation is 1. The lowest BCUT2D eigenvalue weighted by atomic mass is 10.0. The van der Waals surface area contributed by atoms with E-state index in [2.05, 4.69) is 0 Å². The lowest BCUT2D eigenvalue weighted by molar-refractivity contribution is 0.0695. The molecule has 0 atom stereocenters. The van der Waals surface area contributed by atoms with Gasteiger partial charge in [-0.15, -0.1) is 0 Å². The molecule has 0 radical (unpaired) electrons. The van der Waals surface area contributed by atoms with Crippen molar-refractivity contribution in [2.24, 2.45) is 0 Å². The first-order chi connectivity index (χ1) is 8.85. The zero-order chi connectivity index (χ0) is 14.6. The summed E-state index contributed by atoms with van der Waals surface area (Å²) in [5, 5.41) is 9.13. The average molecular weight is 286 g/mol. The number of carbonyl (C=O) groups is 1. The summed E-state index contributed by atoms with van der Waals surface area (Å²) in [5.41, 5.74) is 0.977. The van der Waals surface area contributed by atoms with Crippen LogP contribution in [-0.2, 0) is 21.0 Å². The SMILES string of the molecule is CCc1c(C(=O)O)ccc(C)c1S(=O)(=O)CCOC. The van der Waals surface area contributed by atoms with Crippen LogP contribution in [0.5, 0.6) is 0 Å². The fourth-order valence-electron chi connectivity index (χ4n) is 2.02. The predicted octanol–water partition coefficient (Wildman–Crippen LogP) is 1.68. The van der Waals surface area contributed by atoms with Gasteiger partial charge in [-0.3, -0.25) is 0 Å². The molecule has 0 aromatic heterocycles. The number of sulfone groups is 1. The number of ether oxygens (including phenoxy) is 1. The molecule has 0 heterocycles. The van der Waals surface area contributed by atoms with Gasteiger partial charge in [0.25, 0.3) is 0 Å². The highest BCUT2D eigenvalue weighted by Crippen LogP contribution is 2.26. The minimum atomic E-state index is -3.54. The number of aromatic carboxylic acids is 1. The van der Waals surface area contributed by atoms with Crippen LogP contribution in [-0.4, -0.2) is 39.0 Å². The first-order valence-corrected chi connectivity index (χ1v) is 7.57. The number of hydrogen-bond donors (Lipinski definition) is 1. The highest BCUT2D eigenvalue weighted by molar-refractivity contribution is 7.91. The molecular formula is C13H18O5S. The summed E-state index contributed by atoms with van der Waals surface area (Å²) in [7, 11) is -2.11. The molecule has 19 heavy (non-hydrogen) atoms. The normalized spacial score (nSPS) is 11.5. The number of carboxylic acid groups (broad SMARTS) is 1. The lowest BCUT2D eigenvalue weighted by Gasteiger charge is -2.14. The van der Waals surface area contributed by atoms with Crippen molar-refractivity contribution in [3.63, 3.8) is 0 Å². The second-order valence-corrected chi connectivity index (χ2v) is 6.25. The molecule has 0 amide bonds. The van der Waals surface area contributed by atoms with Gasteiger partial charge in [-0.2, -0.15) is 0 Å². The van der Waals surface area contributed by atoms with Crippen LogP contribution in [0.3, 0.4) is 0 Å². The molecule has 0 saturated carbocycles. The van der Waals surface area contributed by atoms with Crippen molar-refractivity contribution in [2.45, 2.75) is 25.2 Å². The molecule has 1 rings (SSSR count). The molecule has 0 unspecified atom stereocenters. The van der Waals surface area contributed by atoms with Crippen molar-refractivity contribution >= 4 is 15.8 Å². The highest BCUT2D eigenvalue weighted by atomic mass is 32.2. The van der Waals surface area contributed by atoms with Crippen molar-refractivity contribution in [1.29, 1.82) is 0 Å². The van der Waals surface area contributed by atoms with E-state index in [1.165, 1.54) is 19.2 Å². The Morgan fingerprint density at radius 2 is 2.00 bits per heavy atom. The molecule has 0 aliphatic rings. The molecule has 0 bridgehead atoms. The van der Waals surface area contributed by atoms with Crippen LogP contribution < -0.4 is 0 Å². The summed E-state index contributed by atoms with van der Waals surface area (Å²) in [5.74, 6) is -1.26. The fourth-order valence-corrected chi connectivity index (χ4v) is 3.80. The van der Waals surface area contributed by atoms with Gasteiger partial charge in [-0.1, -0.05) is 13.0 Å². The Morgan fingerprint density at radius 1 is 1.37 bits per heavy atom. The summed E-state index contributed by atoms with van der Waals surface area (Å²) < 4.78 is 29.4. The molecular weight excluding hydrogens is 268 g/mol. The van der Waals surface area contributed by atoms with E-state index in [1.54, 1.807) is 13.8 Å². The van der Waals surface area contributed by atoms with Gasteiger partial charge >= 0.3 is 5.97 Å². The van der Waals surface area contributed by atoms with E-state index in [1.807, 2.05) is 0 Å². The molecule has 0 saturated heterocycles. The molecule has 1 aromatic rings. The van der Waals surface area contributed by atoms with Crippen molar-refractivity contribution < 1.29 is 23.1 Å². The minimum Gasteiger partial charge on any atom is -0.478 e. The van der Waals surface area contributed by atoms with E-state index in [4.69, 9.17) is 9.84 Å². The fraction of sp³-hybridized carbons (Fsp3) is 0.462. The minimum absolute atomic E-state index is 0.0455. The summed E-state index contributed by atoms with van der Waals surface area (Å²) in [6, 6.07) is 2.98. The van der Waals surface area contributed by atoms with Gasteiger partial charge in [-0.05, 0) is 30.5 Å². The summed E-state index contributed by atoms with van der Waals surface area (Å²) in [6.07, 6.45) is 0.352. The maximum absolute atomic E-state index is 12.3. The molecule has 0 fully saturated rings. The molecule has 1 aromatic carbocycles. The van der Waals surface area contributed by atoms with Crippen LogP contribution in [0.2, 0.25) is 0 Å². The second kappa shape index (κ2) is 6.16. The largest absolute Gasteiger partial charge is 0.478 e. The molecule has 6 heteroatoms. The van der Waals surface area contributed by atoms with Gasteiger partial charge in [-0.25, -0.2) is 13.2 Å². The topological polar surface area (TPSA) is 80.7 Å². The maximum atomic E-state index is 12.3. The molecule has 0 aliphatic heterocycles. The van der Waals surface area contributed by atoms with E-state index < -0.39 is 15.8 Å². The van der Waals surface area contributed by atoms with E-state index >= 15 is 0 Å².